The number of esters is 1. The maximum atomic E-state index is 13.1. The molecular formula is C19H14FN3O4. The number of hydrogen-bond donors (Lipinski definition) is 1. The zero-order chi connectivity index (χ0) is 19.4. The molecule has 3 aromatic rings. The first kappa shape index (κ1) is 18.0. The first-order valence-electron chi connectivity index (χ1n) is 7.84. The molecular weight excluding hydrogens is 353 g/mol. The number of hydrogen-bond acceptors (Lipinski definition) is 5. The minimum atomic E-state index is -0.784. The Morgan fingerprint density at radius 3 is 2.48 bits per heavy atom. The Labute approximate surface area is 153 Å². The number of aromatic nitrogens is 2. The number of nitrogens with zero attached hydrogens (tertiary/aromatic N) is 2. The standard InChI is InChI=1S/C19H14FN3O4/c1-27-19(26)14-4-2-3-5-15(14)21-18(25)17-16(24)10-11-23(22-17)13-8-6-12(20)7-9-13/h2-11H,1H3,(H,21,25). The minimum Gasteiger partial charge on any atom is -0.465 e. The third-order valence-corrected chi connectivity index (χ3v) is 3.70. The lowest BCUT2D eigenvalue weighted by molar-refractivity contribution is 0.0602. The highest BCUT2D eigenvalue weighted by atomic mass is 19.1. The van der Waals surface area contributed by atoms with Gasteiger partial charge in [-0.05, 0) is 36.4 Å². The van der Waals surface area contributed by atoms with Gasteiger partial charge in [0.25, 0.3) is 5.91 Å². The zero-order valence-electron chi connectivity index (χ0n) is 14.2. The number of nitrogens with one attached hydrogen (secondary N) is 1. The van der Waals surface area contributed by atoms with Crippen LogP contribution in [0.1, 0.15) is 20.8 Å². The predicted octanol–water partition coefficient (Wildman–Crippen LogP) is 2.41. The number of carbonyl (C=O) groups is 2. The van der Waals surface area contributed by atoms with Crippen LogP contribution in [-0.2, 0) is 4.74 Å². The van der Waals surface area contributed by atoms with Gasteiger partial charge in [-0.25, -0.2) is 13.9 Å². The second kappa shape index (κ2) is 7.61. The topological polar surface area (TPSA) is 90.3 Å². The van der Waals surface area contributed by atoms with E-state index in [1.165, 1.54) is 60.5 Å². The highest BCUT2D eigenvalue weighted by Gasteiger charge is 2.18. The van der Waals surface area contributed by atoms with Gasteiger partial charge in [0, 0.05) is 12.3 Å². The summed E-state index contributed by atoms with van der Waals surface area (Å²) in [6.07, 6.45) is 1.37. The number of para-hydroxylation sites is 1. The van der Waals surface area contributed by atoms with Crippen LogP contribution in [0.3, 0.4) is 0 Å². The first-order chi connectivity index (χ1) is 13.0. The number of methoxy groups -OCH3 is 1. The Morgan fingerprint density at radius 1 is 1.07 bits per heavy atom. The van der Waals surface area contributed by atoms with Gasteiger partial charge in [0.15, 0.2) is 5.69 Å². The molecule has 0 fully saturated rings. The molecule has 0 aliphatic rings. The van der Waals surface area contributed by atoms with Gasteiger partial charge in [-0.2, -0.15) is 5.10 Å². The largest absolute Gasteiger partial charge is 0.465 e. The molecule has 0 unspecified atom stereocenters. The van der Waals surface area contributed by atoms with Gasteiger partial charge in [0.1, 0.15) is 5.82 Å². The summed E-state index contributed by atoms with van der Waals surface area (Å²) in [6.45, 7) is 0. The zero-order valence-corrected chi connectivity index (χ0v) is 14.2. The molecule has 1 N–H and O–H groups in total. The van der Waals surface area contributed by atoms with E-state index in [2.05, 4.69) is 15.2 Å². The summed E-state index contributed by atoms with van der Waals surface area (Å²) >= 11 is 0. The summed E-state index contributed by atoms with van der Waals surface area (Å²) in [7, 11) is 1.22. The van der Waals surface area contributed by atoms with E-state index in [0.29, 0.717) is 5.69 Å². The van der Waals surface area contributed by atoms with Crippen LogP contribution >= 0.6 is 0 Å². The number of ether oxygens (including phenoxy) is 1. The van der Waals surface area contributed by atoms with Gasteiger partial charge < -0.3 is 10.1 Å². The SMILES string of the molecule is COC(=O)c1ccccc1NC(=O)c1nn(-c2ccc(F)cc2)ccc1=O. The Bertz CT molecular complexity index is 1060. The number of benzene rings is 2. The van der Waals surface area contributed by atoms with E-state index in [1.807, 2.05) is 0 Å². The molecule has 0 atom stereocenters. The molecule has 3 rings (SSSR count). The molecule has 27 heavy (non-hydrogen) atoms. The molecule has 0 aliphatic carbocycles. The smallest absolute Gasteiger partial charge is 0.339 e. The molecule has 136 valence electrons. The van der Waals surface area contributed by atoms with Gasteiger partial charge in [-0.3, -0.25) is 9.59 Å². The lowest BCUT2D eigenvalue weighted by atomic mass is 10.1. The van der Waals surface area contributed by atoms with Gasteiger partial charge in [-0.15, -0.1) is 0 Å². The van der Waals surface area contributed by atoms with Crippen molar-refractivity contribution in [1.29, 1.82) is 0 Å². The first-order valence-corrected chi connectivity index (χ1v) is 7.84. The predicted molar refractivity (Wildman–Crippen MR) is 95.5 cm³/mol. The van der Waals surface area contributed by atoms with Crippen LogP contribution in [0.5, 0.6) is 0 Å². The monoisotopic (exact) mass is 367 g/mol. The Hall–Kier alpha value is -3.81. The molecule has 1 aromatic heterocycles. The van der Waals surface area contributed by atoms with Crippen molar-refractivity contribution in [3.8, 4) is 5.69 Å². The third-order valence-electron chi connectivity index (χ3n) is 3.70. The number of rotatable bonds is 4. The lowest BCUT2D eigenvalue weighted by Gasteiger charge is -2.10. The molecule has 1 heterocycles. The van der Waals surface area contributed by atoms with Crippen molar-refractivity contribution in [2.75, 3.05) is 12.4 Å². The van der Waals surface area contributed by atoms with E-state index in [9.17, 15) is 18.8 Å². The molecule has 1 amide bonds. The summed E-state index contributed by atoms with van der Waals surface area (Å²) in [6, 6.07) is 12.8. The van der Waals surface area contributed by atoms with E-state index in [0.717, 1.165) is 0 Å². The molecule has 0 radical (unpaired) electrons. The lowest BCUT2D eigenvalue weighted by Crippen LogP contribution is -2.26. The van der Waals surface area contributed by atoms with E-state index in [1.54, 1.807) is 12.1 Å². The van der Waals surface area contributed by atoms with E-state index in [4.69, 9.17) is 0 Å². The maximum absolute atomic E-state index is 13.1. The normalized spacial score (nSPS) is 10.3. The summed E-state index contributed by atoms with van der Waals surface area (Å²) in [4.78, 5) is 36.4. The van der Waals surface area contributed by atoms with Crippen molar-refractivity contribution in [1.82, 2.24) is 9.78 Å². The quantitative estimate of drug-likeness (QED) is 0.715. The number of halogens is 1. The molecule has 0 aliphatic heterocycles. The summed E-state index contributed by atoms with van der Waals surface area (Å²) in [5.74, 6) is -1.83. The summed E-state index contributed by atoms with van der Waals surface area (Å²) < 4.78 is 19.0. The van der Waals surface area contributed by atoms with Crippen LogP contribution in [0.2, 0.25) is 0 Å². The number of amides is 1. The van der Waals surface area contributed by atoms with Crippen molar-refractivity contribution in [3.63, 3.8) is 0 Å². The molecule has 8 heteroatoms. The van der Waals surface area contributed by atoms with Crippen molar-refractivity contribution >= 4 is 17.6 Å². The Kier molecular flexibility index (Phi) is 5.07. The van der Waals surface area contributed by atoms with Crippen molar-refractivity contribution in [3.05, 3.63) is 88.1 Å². The van der Waals surface area contributed by atoms with Gasteiger partial charge in [0.05, 0.1) is 24.0 Å². The van der Waals surface area contributed by atoms with Gasteiger partial charge in [0.2, 0.25) is 5.43 Å². The van der Waals surface area contributed by atoms with Crippen molar-refractivity contribution in [2.24, 2.45) is 0 Å². The molecule has 7 nitrogen and oxygen atoms in total. The molecule has 0 bridgehead atoms. The average Bonchev–Trinajstić information content (AvgIpc) is 2.69. The number of carbonyl (C=O) groups excluding carboxylic acids is 2. The highest BCUT2D eigenvalue weighted by Crippen LogP contribution is 2.16. The molecule has 0 saturated heterocycles. The van der Waals surface area contributed by atoms with E-state index >= 15 is 0 Å². The third kappa shape index (κ3) is 3.90. The van der Waals surface area contributed by atoms with Gasteiger partial charge in [-0.1, -0.05) is 12.1 Å². The maximum Gasteiger partial charge on any atom is 0.339 e. The fraction of sp³-hybridized carbons (Fsp3) is 0.0526. The average molecular weight is 367 g/mol. The summed E-state index contributed by atoms with van der Waals surface area (Å²) in [5, 5.41) is 6.51. The molecule has 0 saturated carbocycles. The highest BCUT2D eigenvalue weighted by molar-refractivity contribution is 6.06. The van der Waals surface area contributed by atoms with E-state index in [-0.39, 0.29) is 16.9 Å². The van der Waals surface area contributed by atoms with Crippen LogP contribution in [0.4, 0.5) is 10.1 Å². The summed E-state index contributed by atoms with van der Waals surface area (Å²) in [5.41, 5.74) is -0.167. The van der Waals surface area contributed by atoms with Crippen molar-refractivity contribution in [2.45, 2.75) is 0 Å². The molecule has 0 spiro atoms. The minimum absolute atomic E-state index is 0.142. The Morgan fingerprint density at radius 2 is 1.78 bits per heavy atom. The van der Waals surface area contributed by atoms with Crippen LogP contribution in [0.15, 0.2) is 65.6 Å². The fourth-order valence-electron chi connectivity index (χ4n) is 2.36. The second-order valence-corrected chi connectivity index (χ2v) is 5.44. The van der Waals surface area contributed by atoms with Crippen LogP contribution in [0.25, 0.3) is 5.69 Å². The van der Waals surface area contributed by atoms with Crippen molar-refractivity contribution < 1.29 is 18.7 Å². The second-order valence-electron chi connectivity index (χ2n) is 5.44. The number of anilines is 1. The molecule has 2 aromatic carbocycles. The Balaban J connectivity index is 1.94. The van der Waals surface area contributed by atoms with Crippen LogP contribution in [0, 0.1) is 5.82 Å². The van der Waals surface area contributed by atoms with Gasteiger partial charge >= 0.3 is 5.97 Å². The van der Waals surface area contributed by atoms with Crippen LogP contribution < -0.4 is 10.7 Å². The van der Waals surface area contributed by atoms with E-state index < -0.39 is 23.1 Å². The fourth-order valence-corrected chi connectivity index (χ4v) is 2.36. The van der Waals surface area contributed by atoms with Crippen LogP contribution in [-0.4, -0.2) is 28.8 Å².